The lowest BCUT2D eigenvalue weighted by molar-refractivity contribution is 0.267. The third-order valence-corrected chi connectivity index (χ3v) is 16.4. The van der Waals surface area contributed by atoms with E-state index in [4.69, 9.17) is 27.6 Å². The number of benzene rings is 2. The summed E-state index contributed by atoms with van der Waals surface area (Å²) in [5.41, 5.74) is 0.656. The molecule has 0 aliphatic carbocycles. The molecule has 0 radical (unpaired) electrons. The molecule has 0 saturated heterocycles. The molecule has 3 rings (SSSR count). The van der Waals surface area contributed by atoms with E-state index in [1.807, 2.05) is 20.8 Å². The van der Waals surface area contributed by atoms with Crippen LogP contribution in [0.3, 0.4) is 0 Å². The van der Waals surface area contributed by atoms with E-state index in [1.165, 1.54) is 16.1 Å². The van der Waals surface area contributed by atoms with Crippen LogP contribution in [-0.4, -0.2) is 36.6 Å². The molecular weight excluding hydrogens is 659 g/mol. The zero-order valence-corrected chi connectivity index (χ0v) is 29.3. The second-order valence-electron chi connectivity index (χ2n) is 12.0. The zero-order valence-electron chi connectivity index (χ0n) is 23.6. The average Bonchev–Trinajstić information content (AvgIpc) is 3.23. The highest BCUT2D eigenvalue weighted by Crippen LogP contribution is 2.42. The number of rotatable bonds is 9. The van der Waals surface area contributed by atoms with Crippen molar-refractivity contribution < 1.29 is 17.4 Å². The van der Waals surface area contributed by atoms with Gasteiger partial charge in [-0.25, -0.2) is 12.4 Å². The van der Waals surface area contributed by atoms with Crippen molar-refractivity contribution in [3.63, 3.8) is 0 Å². The Morgan fingerprint density at radius 3 is 2.23 bits per heavy atom. The molecular formula is C27H37BrCl2N2O4S2Si. The second-order valence-corrected chi connectivity index (χ2v) is 22.3. The maximum absolute atomic E-state index is 14.2. The largest absolute Gasteiger partial charge is 0.598 e. The minimum Gasteiger partial charge on any atom is -0.598 e. The molecule has 0 aliphatic heterocycles. The van der Waals surface area contributed by atoms with Crippen LogP contribution in [0.2, 0.25) is 28.2 Å². The molecule has 1 heterocycles. The monoisotopic (exact) mass is 694 g/mol. The Morgan fingerprint density at radius 1 is 1.10 bits per heavy atom. The fourth-order valence-corrected chi connectivity index (χ4v) is 8.35. The molecule has 1 N–H and O–H groups in total. The molecule has 1 aromatic heterocycles. The van der Waals surface area contributed by atoms with Crippen LogP contribution in [0.25, 0.3) is 10.9 Å². The van der Waals surface area contributed by atoms with Crippen LogP contribution in [0.4, 0.5) is 0 Å². The maximum atomic E-state index is 14.2. The normalized spacial score (nSPS) is 15.1. The summed E-state index contributed by atoms with van der Waals surface area (Å²) in [5.74, 6) is 0. The van der Waals surface area contributed by atoms with E-state index in [9.17, 15) is 13.0 Å². The molecule has 216 valence electrons. The molecule has 0 unspecified atom stereocenters. The Morgan fingerprint density at radius 2 is 1.69 bits per heavy atom. The van der Waals surface area contributed by atoms with Crippen LogP contribution in [0.1, 0.15) is 59.7 Å². The molecule has 6 nitrogen and oxygen atoms in total. The van der Waals surface area contributed by atoms with Crippen LogP contribution in [-0.2, 0) is 25.8 Å². The smallest absolute Gasteiger partial charge is 0.268 e. The average molecular weight is 697 g/mol. The van der Waals surface area contributed by atoms with Crippen LogP contribution in [0.15, 0.2) is 51.8 Å². The molecule has 2 atom stereocenters. The van der Waals surface area contributed by atoms with Crippen molar-refractivity contribution in [2.24, 2.45) is 0 Å². The van der Waals surface area contributed by atoms with E-state index in [0.29, 0.717) is 28.6 Å². The van der Waals surface area contributed by atoms with Crippen LogP contribution >= 0.6 is 39.1 Å². The van der Waals surface area contributed by atoms with E-state index in [2.05, 4.69) is 54.5 Å². The van der Waals surface area contributed by atoms with E-state index >= 15 is 0 Å². The van der Waals surface area contributed by atoms with Crippen molar-refractivity contribution in [2.45, 2.75) is 81.8 Å². The summed E-state index contributed by atoms with van der Waals surface area (Å²) in [4.78, 5) is 0.101. The van der Waals surface area contributed by atoms with Gasteiger partial charge in [0.05, 0.1) is 32.2 Å². The number of hydrogen-bond donors (Lipinski definition) is 1. The highest BCUT2D eigenvalue weighted by atomic mass is 79.9. The molecule has 12 heteroatoms. The fourth-order valence-electron chi connectivity index (χ4n) is 3.69. The molecule has 0 spiro atoms. The van der Waals surface area contributed by atoms with Crippen LogP contribution in [0, 0.1) is 0 Å². The summed E-state index contributed by atoms with van der Waals surface area (Å²) in [6, 6.07) is 10.9. The molecule has 0 bridgehead atoms. The van der Waals surface area contributed by atoms with Gasteiger partial charge in [0.1, 0.15) is 4.75 Å². The third kappa shape index (κ3) is 7.09. The molecule has 39 heavy (non-hydrogen) atoms. The summed E-state index contributed by atoms with van der Waals surface area (Å²) in [5, 5.41) is 0.922. The van der Waals surface area contributed by atoms with Gasteiger partial charge < -0.3 is 8.98 Å². The first-order valence-electron chi connectivity index (χ1n) is 12.6. The van der Waals surface area contributed by atoms with Gasteiger partial charge in [-0.05, 0) is 69.6 Å². The van der Waals surface area contributed by atoms with Gasteiger partial charge in [-0.2, -0.15) is 0 Å². The molecule has 3 aromatic rings. The van der Waals surface area contributed by atoms with E-state index in [0.717, 1.165) is 0 Å². The highest BCUT2D eigenvalue weighted by Gasteiger charge is 2.39. The maximum Gasteiger partial charge on any atom is 0.268 e. The quantitative estimate of drug-likeness (QED) is 0.138. The summed E-state index contributed by atoms with van der Waals surface area (Å²) in [6.45, 7) is 16.8. The zero-order chi connectivity index (χ0) is 29.6. The summed E-state index contributed by atoms with van der Waals surface area (Å²) >= 11 is 15.1. The number of fused-ring (bicyclic) bond motifs is 1. The van der Waals surface area contributed by atoms with E-state index in [1.54, 1.807) is 30.3 Å². The van der Waals surface area contributed by atoms with Crippen molar-refractivity contribution in [2.75, 3.05) is 6.61 Å². The first kappa shape index (κ1) is 32.9. The first-order chi connectivity index (χ1) is 17.8. The Hall–Kier alpha value is -0.563. The number of nitrogens with zero attached hydrogens (tertiary/aromatic N) is 1. The molecule has 0 fully saturated rings. The van der Waals surface area contributed by atoms with Gasteiger partial charge >= 0.3 is 0 Å². The van der Waals surface area contributed by atoms with Crippen molar-refractivity contribution in [3.05, 3.63) is 62.7 Å². The Labute approximate surface area is 255 Å². The van der Waals surface area contributed by atoms with Crippen LogP contribution in [0.5, 0.6) is 0 Å². The third-order valence-electron chi connectivity index (χ3n) is 7.03. The fraction of sp³-hybridized carbons (Fsp3) is 0.481. The number of aromatic nitrogens is 1. The number of nitrogens with one attached hydrogen (secondary N) is 1. The topological polar surface area (TPSA) is 83.4 Å². The lowest BCUT2D eigenvalue weighted by atomic mass is 10.1. The predicted molar refractivity (Wildman–Crippen MR) is 170 cm³/mol. The SMILES string of the molecule is CC(C)(C)[S@+]([O-])N[C@H](CCO[Si](C)(C)C(C)(C)C)c1cc2c(Br)cc(Cl)c(Cl)c2n1S(=O)(=O)c1ccccc1. The molecule has 0 amide bonds. The summed E-state index contributed by atoms with van der Waals surface area (Å²) in [7, 11) is -6.20. The standard InChI is InChI=1S/C27H37BrCl2N2O4S2Si/c1-26(2,3)37(33)31-22(14-15-36-39(7,8)27(4,5)6)23-16-19-20(28)17-21(29)24(30)25(19)32(23)38(34,35)18-12-10-9-11-13-18/h9-13,16-17,22,31H,14-15H2,1-8H3/t22-,37+/m1/s1. The summed E-state index contributed by atoms with van der Waals surface area (Å²) < 4.78 is 52.6. The summed E-state index contributed by atoms with van der Waals surface area (Å²) in [6.07, 6.45) is 0.387. The van der Waals surface area contributed by atoms with E-state index < -0.39 is 40.5 Å². The molecule has 0 saturated carbocycles. The van der Waals surface area contributed by atoms with Gasteiger partial charge in [-0.15, -0.1) is 4.72 Å². The molecule has 0 aliphatic rings. The van der Waals surface area contributed by atoms with Gasteiger partial charge in [0, 0.05) is 27.8 Å². The number of halogens is 3. The Kier molecular flexibility index (Phi) is 10.1. The van der Waals surface area contributed by atoms with Crippen molar-refractivity contribution >= 4 is 79.7 Å². The van der Waals surface area contributed by atoms with Gasteiger partial charge in [-0.1, -0.05) is 78.1 Å². The van der Waals surface area contributed by atoms with Crippen LogP contribution < -0.4 is 4.72 Å². The second kappa shape index (κ2) is 12.0. The van der Waals surface area contributed by atoms with Crippen molar-refractivity contribution in [1.82, 2.24) is 8.69 Å². The van der Waals surface area contributed by atoms with Gasteiger partial charge in [0.15, 0.2) is 8.32 Å². The van der Waals surface area contributed by atoms with Crippen molar-refractivity contribution in [3.8, 4) is 0 Å². The minimum atomic E-state index is -4.12. The van der Waals surface area contributed by atoms with Gasteiger partial charge in [0.2, 0.25) is 0 Å². The van der Waals surface area contributed by atoms with E-state index in [-0.39, 0.29) is 25.5 Å². The highest BCUT2D eigenvalue weighted by molar-refractivity contribution is 9.10. The predicted octanol–water partition coefficient (Wildman–Crippen LogP) is 8.45. The van der Waals surface area contributed by atoms with Gasteiger partial charge in [0.25, 0.3) is 10.0 Å². The minimum absolute atomic E-state index is 0.00480. The molecule has 2 aromatic carbocycles. The lowest BCUT2D eigenvalue weighted by Gasteiger charge is -2.36. The lowest BCUT2D eigenvalue weighted by Crippen LogP contribution is -2.44. The number of hydrogen-bond acceptors (Lipinski definition) is 5. The van der Waals surface area contributed by atoms with Gasteiger partial charge in [-0.3, -0.25) is 0 Å². The first-order valence-corrected chi connectivity index (χ1v) is 19.6. The van der Waals surface area contributed by atoms with Crippen molar-refractivity contribution in [1.29, 1.82) is 0 Å². The Balaban J connectivity index is 2.25. The Bertz CT molecular complexity index is 1440.